The van der Waals surface area contributed by atoms with Crippen molar-refractivity contribution in [3.63, 3.8) is 0 Å². The van der Waals surface area contributed by atoms with E-state index in [1.54, 1.807) is 5.38 Å². The van der Waals surface area contributed by atoms with Crippen molar-refractivity contribution in [2.24, 2.45) is 0 Å². The smallest absolute Gasteiger partial charge is 0.275 e. The van der Waals surface area contributed by atoms with E-state index in [1.165, 1.54) is 18.3 Å². The molecule has 6 nitrogen and oxygen atoms in total. The fourth-order valence-electron chi connectivity index (χ4n) is 1.69. The standard InChI is InChI=1S/C14H16N4O2S/c1-9(19)16-14-18-12(8-21-14)13(20)17-11-5-3-10(4-6-11)7-15-2/h3-6,8,15H,7H2,1-2H3,(H,17,20)(H,16,18,19). The molecule has 1 aromatic carbocycles. The van der Waals surface area contributed by atoms with Crippen molar-refractivity contribution in [3.05, 3.63) is 40.9 Å². The Hall–Kier alpha value is -2.25. The Morgan fingerprint density at radius 3 is 2.52 bits per heavy atom. The summed E-state index contributed by atoms with van der Waals surface area (Å²) < 4.78 is 0. The number of nitrogens with one attached hydrogen (secondary N) is 3. The Labute approximate surface area is 126 Å². The lowest BCUT2D eigenvalue weighted by molar-refractivity contribution is -0.114. The molecule has 0 radical (unpaired) electrons. The largest absolute Gasteiger partial charge is 0.321 e. The molecule has 0 atom stereocenters. The lowest BCUT2D eigenvalue weighted by atomic mass is 10.2. The second kappa shape index (κ2) is 6.96. The van der Waals surface area contributed by atoms with Crippen molar-refractivity contribution in [2.45, 2.75) is 13.5 Å². The van der Waals surface area contributed by atoms with Gasteiger partial charge in [-0.05, 0) is 24.7 Å². The molecule has 7 heteroatoms. The Bertz CT molecular complexity index is 637. The molecule has 0 aliphatic heterocycles. The van der Waals surface area contributed by atoms with E-state index in [9.17, 15) is 9.59 Å². The van der Waals surface area contributed by atoms with Crippen LogP contribution in [0.1, 0.15) is 23.0 Å². The number of aromatic nitrogens is 1. The van der Waals surface area contributed by atoms with Crippen molar-refractivity contribution < 1.29 is 9.59 Å². The van der Waals surface area contributed by atoms with Gasteiger partial charge >= 0.3 is 0 Å². The molecular weight excluding hydrogens is 288 g/mol. The highest BCUT2D eigenvalue weighted by Crippen LogP contribution is 2.17. The molecule has 0 aliphatic rings. The molecule has 0 saturated carbocycles. The summed E-state index contributed by atoms with van der Waals surface area (Å²) in [6.45, 7) is 2.17. The van der Waals surface area contributed by atoms with Gasteiger partial charge in [0.15, 0.2) is 5.13 Å². The third kappa shape index (κ3) is 4.37. The molecule has 2 rings (SSSR count). The van der Waals surface area contributed by atoms with Crippen LogP contribution < -0.4 is 16.0 Å². The van der Waals surface area contributed by atoms with Gasteiger partial charge in [-0.2, -0.15) is 0 Å². The maximum atomic E-state index is 12.0. The van der Waals surface area contributed by atoms with Crippen molar-refractivity contribution in [1.82, 2.24) is 10.3 Å². The van der Waals surface area contributed by atoms with E-state index < -0.39 is 0 Å². The summed E-state index contributed by atoms with van der Waals surface area (Å²) in [7, 11) is 1.88. The molecule has 0 saturated heterocycles. The van der Waals surface area contributed by atoms with E-state index in [-0.39, 0.29) is 17.5 Å². The first-order valence-electron chi connectivity index (χ1n) is 6.36. The van der Waals surface area contributed by atoms with Gasteiger partial charge < -0.3 is 16.0 Å². The number of anilines is 2. The quantitative estimate of drug-likeness (QED) is 0.789. The summed E-state index contributed by atoms with van der Waals surface area (Å²) in [5.41, 5.74) is 2.12. The monoisotopic (exact) mass is 304 g/mol. The number of rotatable bonds is 5. The lowest BCUT2D eigenvalue weighted by Crippen LogP contribution is -2.13. The van der Waals surface area contributed by atoms with Crippen LogP contribution in [0.2, 0.25) is 0 Å². The minimum absolute atomic E-state index is 0.212. The molecule has 1 aromatic heterocycles. The zero-order chi connectivity index (χ0) is 15.2. The van der Waals surface area contributed by atoms with Gasteiger partial charge in [0.1, 0.15) is 5.69 Å². The van der Waals surface area contributed by atoms with Crippen molar-refractivity contribution in [1.29, 1.82) is 0 Å². The third-order valence-corrected chi connectivity index (χ3v) is 3.37. The Morgan fingerprint density at radius 1 is 1.19 bits per heavy atom. The van der Waals surface area contributed by atoms with E-state index in [2.05, 4.69) is 20.9 Å². The maximum Gasteiger partial charge on any atom is 0.275 e. The Balaban J connectivity index is 2.00. The zero-order valence-corrected chi connectivity index (χ0v) is 12.6. The minimum Gasteiger partial charge on any atom is -0.321 e. The van der Waals surface area contributed by atoms with Gasteiger partial charge in [-0.3, -0.25) is 9.59 Å². The summed E-state index contributed by atoms with van der Waals surface area (Å²) in [6.07, 6.45) is 0. The molecule has 2 aromatic rings. The van der Waals surface area contributed by atoms with Gasteiger partial charge in [0.05, 0.1) is 0 Å². The fraction of sp³-hybridized carbons (Fsp3) is 0.214. The molecular formula is C14H16N4O2S. The number of carbonyl (C=O) groups is 2. The number of nitrogens with zero attached hydrogens (tertiary/aromatic N) is 1. The highest BCUT2D eigenvalue weighted by Gasteiger charge is 2.11. The van der Waals surface area contributed by atoms with E-state index in [1.807, 2.05) is 31.3 Å². The molecule has 0 fully saturated rings. The van der Waals surface area contributed by atoms with Crippen LogP contribution in [-0.2, 0) is 11.3 Å². The van der Waals surface area contributed by atoms with Crippen LogP contribution in [0.25, 0.3) is 0 Å². The third-order valence-electron chi connectivity index (χ3n) is 2.61. The molecule has 0 aliphatic carbocycles. The molecule has 0 bridgehead atoms. The lowest BCUT2D eigenvalue weighted by Gasteiger charge is -2.05. The van der Waals surface area contributed by atoms with Gasteiger partial charge in [-0.15, -0.1) is 11.3 Å². The minimum atomic E-state index is -0.302. The van der Waals surface area contributed by atoms with Crippen LogP contribution in [0.15, 0.2) is 29.6 Å². The number of amides is 2. The molecule has 110 valence electrons. The summed E-state index contributed by atoms with van der Waals surface area (Å²) in [4.78, 5) is 27.0. The Kier molecular flexibility index (Phi) is 5.02. The highest BCUT2D eigenvalue weighted by atomic mass is 32.1. The van der Waals surface area contributed by atoms with Crippen LogP contribution in [0, 0.1) is 0 Å². The fourth-order valence-corrected chi connectivity index (χ4v) is 2.43. The molecule has 21 heavy (non-hydrogen) atoms. The van der Waals surface area contributed by atoms with Crippen molar-refractivity contribution >= 4 is 34.0 Å². The average molecular weight is 304 g/mol. The SMILES string of the molecule is CNCc1ccc(NC(=O)c2csc(NC(C)=O)n2)cc1. The van der Waals surface area contributed by atoms with Gasteiger partial charge in [0.2, 0.25) is 5.91 Å². The van der Waals surface area contributed by atoms with Crippen LogP contribution in [0.5, 0.6) is 0 Å². The van der Waals surface area contributed by atoms with Gasteiger partial charge in [-0.25, -0.2) is 4.98 Å². The van der Waals surface area contributed by atoms with Crippen molar-refractivity contribution in [3.8, 4) is 0 Å². The van der Waals surface area contributed by atoms with Crippen LogP contribution in [0.4, 0.5) is 10.8 Å². The van der Waals surface area contributed by atoms with E-state index in [4.69, 9.17) is 0 Å². The maximum absolute atomic E-state index is 12.0. The van der Waals surface area contributed by atoms with E-state index in [0.717, 1.165) is 12.1 Å². The van der Waals surface area contributed by atoms with Crippen LogP contribution in [-0.4, -0.2) is 23.8 Å². The molecule has 0 spiro atoms. The predicted octanol–water partition coefficient (Wildman–Crippen LogP) is 2.07. The number of benzene rings is 1. The van der Waals surface area contributed by atoms with Gasteiger partial charge in [0, 0.05) is 24.5 Å². The van der Waals surface area contributed by atoms with E-state index >= 15 is 0 Å². The highest BCUT2D eigenvalue weighted by molar-refractivity contribution is 7.14. The first-order valence-corrected chi connectivity index (χ1v) is 7.24. The first-order chi connectivity index (χ1) is 10.1. The summed E-state index contributed by atoms with van der Waals surface area (Å²) in [5, 5.41) is 10.4. The Morgan fingerprint density at radius 2 is 1.90 bits per heavy atom. The van der Waals surface area contributed by atoms with E-state index in [0.29, 0.717) is 10.8 Å². The molecule has 2 amide bonds. The number of carbonyl (C=O) groups excluding carboxylic acids is 2. The topological polar surface area (TPSA) is 83.1 Å². The van der Waals surface area contributed by atoms with Gasteiger partial charge in [-0.1, -0.05) is 12.1 Å². The van der Waals surface area contributed by atoms with Gasteiger partial charge in [0.25, 0.3) is 5.91 Å². The van der Waals surface area contributed by atoms with Crippen LogP contribution >= 0.6 is 11.3 Å². The first kappa shape index (κ1) is 15.1. The second-order valence-corrected chi connectivity index (χ2v) is 5.26. The van der Waals surface area contributed by atoms with Crippen molar-refractivity contribution in [2.75, 3.05) is 17.7 Å². The summed E-state index contributed by atoms with van der Waals surface area (Å²) in [5.74, 6) is -0.513. The zero-order valence-electron chi connectivity index (χ0n) is 11.8. The summed E-state index contributed by atoms with van der Waals surface area (Å²) in [6, 6.07) is 7.56. The predicted molar refractivity (Wildman–Crippen MR) is 83.6 cm³/mol. The molecule has 1 heterocycles. The average Bonchev–Trinajstić information content (AvgIpc) is 2.89. The number of hydrogen-bond donors (Lipinski definition) is 3. The number of thiazole rings is 1. The molecule has 0 unspecified atom stereocenters. The second-order valence-electron chi connectivity index (χ2n) is 4.40. The summed E-state index contributed by atoms with van der Waals surface area (Å²) >= 11 is 1.21. The molecule has 3 N–H and O–H groups in total. The number of hydrogen-bond acceptors (Lipinski definition) is 5. The van der Waals surface area contributed by atoms with Crippen LogP contribution in [0.3, 0.4) is 0 Å². The normalized spacial score (nSPS) is 10.2.